The summed E-state index contributed by atoms with van der Waals surface area (Å²) in [5.41, 5.74) is 13.0. The van der Waals surface area contributed by atoms with Crippen LogP contribution in [-0.4, -0.2) is 0 Å². The van der Waals surface area contributed by atoms with Gasteiger partial charge in [0, 0.05) is 5.41 Å². The Morgan fingerprint density at radius 2 is 0.857 bits per heavy atom. The van der Waals surface area contributed by atoms with Gasteiger partial charge in [-0.1, -0.05) is 166 Å². The molecule has 0 radical (unpaired) electrons. The topological polar surface area (TPSA) is 0 Å². The molecule has 0 nitrogen and oxygen atoms in total. The quantitative estimate of drug-likeness (QED) is 0.172. The molecular formula is C49H34. The summed E-state index contributed by atoms with van der Waals surface area (Å²) in [6, 6.07) is 63.3. The first-order valence-corrected chi connectivity index (χ1v) is 17.3. The maximum atomic E-state index is 2.48. The summed E-state index contributed by atoms with van der Waals surface area (Å²) < 4.78 is 0. The Kier molecular flexibility index (Phi) is 6.02. The molecule has 0 amide bonds. The van der Waals surface area contributed by atoms with Crippen LogP contribution in [0, 0.1) is 0 Å². The molecule has 49 heavy (non-hydrogen) atoms. The number of rotatable bonds is 3. The fourth-order valence-corrected chi connectivity index (χ4v) is 8.65. The van der Waals surface area contributed by atoms with Crippen LogP contribution >= 0.6 is 0 Å². The summed E-state index contributed by atoms with van der Waals surface area (Å²) in [4.78, 5) is 0. The van der Waals surface area contributed by atoms with E-state index in [0.29, 0.717) is 0 Å². The largest absolute Gasteiger partial charge is 0.0619 e. The van der Waals surface area contributed by atoms with Gasteiger partial charge in [0.25, 0.3) is 0 Å². The van der Waals surface area contributed by atoms with Crippen molar-refractivity contribution in [2.75, 3.05) is 0 Å². The van der Waals surface area contributed by atoms with E-state index in [4.69, 9.17) is 0 Å². The highest BCUT2D eigenvalue weighted by atomic mass is 14.4. The minimum Gasteiger partial charge on any atom is -0.0619 e. The van der Waals surface area contributed by atoms with Gasteiger partial charge in [-0.05, 0) is 117 Å². The molecule has 9 aromatic carbocycles. The minimum atomic E-state index is -0.0693. The van der Waals surface area contributed by atoms with E-state index in [1.807, 2.05) is 0 Å². The highest BCUT2D eigenvalue weighted by molar-refractivity contribution is 6.22. The molecule has 0 unspecified atom stereocenters. The van der Waals surface area contributed by atoms with Gasteiger partial charge in [-0.25, -0.2) is 0 Å². The van der Waals surface area contributed by atoms with Gasteiger partial charge in [0.15, 0.2) is 0 Å². The van der Waals surface area contributed by atoms with Crippen molar-refractivity contribution < 1.29 is 0 Å². The van der Waals surface area contributed by atoms with E-state index in [2.05, 4.69) is 184 Å². The van der Waals surface area contributed by atoms with Crippen LogP contribution in [0.25, 0.3) is 87.6 Å². The van der Waals surface area contributed by atoms with Crippen molar-refractivity contribution in [2.24, 2.45) is 0 Å². The molecule has 0 heterocycles. The number of fused-ring (bicyclic) bond motifs is 7. The molecule has 0 saturated carbocycles. The van der Waals surface area contributed by atoms with E-state index in [1.54, 1.807) is 0 Å². The van der Waals surface area contributed by atoms with Crippen molar-refractivity contribution in [1.82, 2.24) is 0 Å². The lowest BCUT2D eigenvalue weighted by Gasteiger charge is -2.23. The Morgan fingerprint density at radius 1 is 0.306 bits per heavy atom. The maximum absolute atomic E-state index is 2.48. The molecule has 0 aliphatic heterocycles. The Hall–Kier alpha value is -5.98. The van der Waals surface area contributed by atoms with E-state index in [9.17, 15) is 0 Å². The zero-order valence-electron chi connectivity index (χ0n) is 27.7. The SMILES string of the molecule is CC1(C)c2ccccc2-c2ccc(-c3c4ccccc4c(-c4ccc5ccccc5c4)c4cc(-c5cccc6ccccc56)ccc34)cc21. The second kappa shape index (κ2) is 10.5. The lowest BCUT2D eigenvalue weighted by Crippen LogP contribution is -2.14. The minimum absolute atomic E-state index is 0.0693. The smallest absolute Gasteiger partial charge is 0.0159 e. The van der Waals surface area contributed by atoms with Gasteiger partial charge in [0.2, 0.25) is 0 Å². The average molecular weight is 623 g/mol. The van der Waals surface area contributed by atoms with E-state index in [1.165, 1.54) is 98.7 Å². The van der Waals surface area contributed by atoms with Gasteiger partial charge in [-0.15, -0.1) is 0 Å². The summed E-state index contributed by atoms with van der Waals surface area (Å²) in [6.45, 7) is 4.74. The second-order valence-corrected chi connectivity index (χ2v) is 14.1. The fourth-order valence-electron chi connectivity index (χ4n) is 8.65. The van der Waals surface area contributed by atoms with Crippen molar-refractivity contribution in [3.63, 3.8) is 0 Å². The standard InChI is InChI=1S/C49H34/c1-49(2)45-21-10-9-17-39(45)40-26-25-36(30-46(40)49)47-41-18-7-8-19-42(41)48(35-23-22-31-12-3-4-14-33(31)28-35)44-29-34(24-27-43(44)47)38-20-11-15-32-13-5-6-16-37(32)38/h3-30H,1-2H3. The van der Waals surface area contributed by atoms with Gasteiger partial charge in [0.05, 0.1) is 0 Å². The average Bonchev–Trinajstić information content (AvgIpc) is 3.38. The van der Waals surface area contributed by atoms with Gasteiger partial charge >= 0.3 is 0 Å². The zero-order chi connectivity index (χ0) is 32.7. The molecule has 230 valence electrons. The first-order chi connectivity index (χ1) is 24.1. The van der Waals surface area contributed by atoms with Crippen molar-refractivity contribution >= 4 is 43.1 Å². The summed E-state index contributed by atoms with van der Waals surface area (Å²) >= 11 is 0. The van der Waals surface area contributed by atoms with E-state index >= 15 is 0 Å². The molecule has 1 aliphatic rings. The third kappa shape index (κ3) is 4.17. The van der Waals surface area contributed by atoms with Gasteiger partial charge < -0.3 is 0 Å². The molecule has 0 heteroatoms. The van der Waals surface area contributed by atoms with Crippen molar-refractivity contribution in [2.45, 2.75) is 19.3 Å². The predicted molar refractivity (Wildman–Crippen MR) is 210 cm³/mol. The highest BCUT2D eigenvalue weighted by Crippen LogP contribution is 2.51. The summed E-state index contributed by atoms with van der Waals surface area (Å²) in [5.74, 6) is 0. The Balaban J connectivity index is 1.31. The molecule has 1 aliphatic carbocycles. The first-order valence-electron chi connectivity index (χ1n) is 17.3. The Labute approximate surface area is 286 Å². The summed E-state index contributed by atoms with van der Waals surface area (Å²) in [5, 5.41) is 10.2. The van der Waals surface area contributed by atoms with Crippen LogP contribution in [0.2, 0.25) is 0 Å². The van der Waals surface area contributed by atoms with Gasteiger partial charge in [0.1, 0.15) is 0 Å². The molecule has 0 atom stereocenters. The van der Waals surface area contributed by atoms with E-state index < -0.39 is 0 Å². The fraction of sp³-hybridized carbons (Fsp3) is 0.0612. The van der Waals surface area contributed by atoms with Crippen LogP contribution in [0.5, 0.6) is 0 Å². The molecule has 10 rings (SSSR count). The second-order valence-electron chi connectivity index (χ2n) is 14.1. The molecule has 9 aromatic rings. The highest BCUT2D eigenvalue weighted by Gasteiger charge is 2.35. The Morgan fingerprint density at radius 3 is 1.69 bits per heavy atom. The molecule has 0 saturated heterocycles. The van der Waals surface area contributed by atoms with Crippen LogP contribution in [0.15, 0.2) is 170 Å². The van der Waals surface area contributed by atoms with Crippen molar-refractivity contribution in [3.05, 3.63) is 181 Å². The van der Waals surface area contributed by atoms with Gasteiger partial charge in [-0.2, -0.15) is 0 Å². The molecule has 0 N–H and O–H groups in total. The molecule has 0 bridgehead atoms. The molecule has 0 spiro atoms. The molecule has 0 aromatic heterocycles. The number of benzene rings is 9. The maximum Gasteiger partial charge on any atom is 0.0159 e. The van der Waals surface area contributed by atoms with Crippen molar-refractivity contribution in [3.8, 4) is 44.5 Å². The Bertz CT molecular complexity index is 2790. The third-order valence-corrected chi connectivity index (χ3v) is 11.0. The summed E-state index contributed by atoms with van der Waals surface area (Å²) in [7, 11) is 0. The lowest BCUT2D eigenvalue weighted by molar-refractivity contribution is 0.660. The van der Waals surface area contributed by atoms with Crippen LogP contribution in [-0.2, 0) is 5.41 Å². The van der Waals surface area contributed by atoms with Gasteiger partial charge in [-0.3, -0.25) is 0 Å². The van der Waals surface area contributed by atoms with E-state index in [0.717, 1.165) is 0 Å². The lowest BCUT2D eigenvalue weighted by atomic mass is 9.80. The first kappa shape index (κ1) is 28.1. The summed E-state index contributed by atoms with van der Waals surface area (Å²) in [6.07, 6.45) is 0. The van der Waals surface area contributed by atoms with Crippen LogP contribution in [0.1, 0.15) is 25.0 Å². The molecular weight excluding hydrogens is 589 g/mol. The number of hydrogen-bond acceptors (Lipinski definition) is 0. The van der Waals surface area contributed by atoms with E-state index in [-0.39, 0.29) is 5.41 Å². The van der Waals surface area contributed by atoms with Crippen LogP contribution in [0.4, 0.5) is 0 Å². The zero-order valence-corrected chi connectivity index (χ0v) is 27.7. The number of hydrogen-bond donors (Lipinski definition) is 0. The monoisotopic (exact) mass is 622 g/mol. The predicted octanol–water partition coefficient (Wildman–Crippen LogP) is 13.6. The molecule has 0 fully saturated rings. The van der Waals surface area contributed by atoms with Crippen LogP contribution in [0.3, 0.4) is 0 Å². The van der Waals surface area contributed by atoms with Crippen LogP contribution < -0.4 is 0 Å². The third-order valence-electron chi connectivity index (χ3n) is 11.0. The van der Waals surface area contributed by atoms with Crippen molar-refractivity contribution in [1.29, 1.82) is 0 Å². The normalized spacial score (nSPS) is 13.3.